The van der Waals surface area contributed by atoms with Crippen LogP contribution in [0.5, 0.6) is 0 Å². The van der Waals surface area contributed by atoms with Crippen LogP contribution in [0.2, 0.25) is 0 Å². The predicted octanol–water partition coefficient (Wildman–Crippen LogP) is 2.01. The van der Waals surface area contributed by atoms with Crippen LogP contribution in [0.3, 0.4) is 0 Å². The van der Waals surface area contributed by atoms with E-state index in [0.29, 0.717) is 31.9 Å². The molecule has 0 radical (unpaired) electrons. The summed E-state index contributed by atoms with van der Waals surface area (Å²) in [6, 6.07) is 4.00. The van der Waals surface area contributed by atoms with Crippen molar-refractivity contribution in [2.24, 2.45) is 0 Å². The molecule has 0 unspecified atom stereocenters. The van der Waals surface area contributed by atoms with Crippen LogP contribution >= 0.6 is 0 Å². The Morgan fingerprint density at radius 2 is 1.95 bits per heavy atom. The van der Waals surface area contributed by atoms with Crippen LogP contribution in [0, 0.1) is 5.82 Å². The summed E-state index contributed by atoms with van der Waals surface area (Å²) in [4.78, 5) is 12.9. The van der Waals surface area contributed by atoms with Crippen molar-refractivity contribution >= 4 is 5.97 Å². The van der Waals surface area contributed by atoms with Gasteiger partial charge in [-0.1, -0.05) is 6.07 Å². The minimum Gasteiger partial charge on any atom is -0.478 e. The molecule has 1 aromatic rings. The molecule has 0 aliphatic heterocycles. The fourth-order valence-electron chi connectivity index (χ4n) is 1.97. The van der Waals surface area contributed by atoms with Gasteiger partial charge in [0.05, 0.1) is 12.2 Å². The number of methoxy groups -OCH3 is 2. The number of benzene rings is 1. The maximum Gasteiger partial charge on any atom is 0.335 e. The Kier molecular flexibility index (Phi) is 7.89. The van der Waals surface area contributed by atoms with Gasteiger partial charge in [0.1, 0.15) is 5.82 Å². The van der Waals surface area contributed by atoms with Gasteiger partial charge in [-0.2, -0.15) is 0 Å². The van der Waals surface area contributed by atoms with Crippen LogP contribution in [-0.2, 0) is 16.0 Å². The summed E-state index contributed by atoms with van der Waals surface area (Å²) in [5, 5.41) is 8.83. The van der Waals surface area contributed by atoms with Gasteiger partial charge in [-0.05, 0) is 18.6 Å². The zero-order valence-corrected chi connectivity index (χ0v) is 12.5. The van der Waals surface area contributed by atoms with Crippen LogP contribution in [-0.4, -0.2) is 56.5 Å². The van der Waals surface area contributed by atoms with E-state index in [-0.39, 0.29) is 5.56 Å². The van der Waals surface area contributed by atoms with Crippen molar-refractivity contribution in [1.29, 1.82) is 0 Å². The van der Waals surface area contributed by atoms with Crippen molar-refractivity contribution in [3.8, 4) is 0 Å². The Labute approximate surface area is 124 Å². The van der Waals surface area contributed by atoms with Crippen molar-refractivity contribution in [3.05, 3.63) is 35.1 Å². The largest absolute Gasteiger partial charge is 0.478 e. The molecule has 0 atom stereocenters. The van der Waals surface area contributed by atoms with Gasteiger partial charge >= 0.3 is 5.97 Å². The third kappa shape index (κ3) is 6.20. The van der Waals surface area contributed by atoms with E-state index < -0.39 is 11.8 Å². The highest BCUT2D eigenvalue weighted by Gasteiger charge is 2.12. The summed E-state index contributed by atoms with van der Waals surface area (Å²) in [5.41, 5.74) is 0.438. The number of rotatable bonds is 10. The van der Waals surface area contributed by atoms with E-state index in [1.165, 1.54) is 12.1 Å². The van der Waals surface area contributed by atoms with Crippen LogP contribution < -0.4 is 0 Å². The molecule has 0 saturated heterocycles. The molecule has 0 saturated carbocycles. The fraction of sp³-hybridized carbons (Fsp3) is 0.533. The molecule has 5 nitrogen and oxygen atoms in total. The summed E-state index contributed by atoms with van der Waals surface area (Å²) in [6.07, 6.45) is 0.842. The van der Waals surface area contributed by atoms with E-state index in [1.54, 1.807) is 14.2 Å². The molecule has 0 aliphatic rings. The maximum atomic E-state index is 13.9. The molecule has 0 amide bonds. The molecule has 0 spiro atoms. The Morgan fingerprint density at radius 1 is 1.24 bits per heavy atom. The molecule has 21 heavy (non-hydrogen) atoms. The normalized spacial score (nSPS) is 11.0. The Balaban J connectivity index is 2.69. The van der Waals surface area contributed by atoms with Crippen LogP contribution in [0.25, 0.3) is 0 Å². The van der Waals surface area contributed by atoms with Gasteiger partial charge in [0, 0.05) is 46.0 Å². The molecule has 0 heterocycles. The average Bonchev–Trinajstić information content (AvgIpc) is 2.46. The van der Waals surface area contributed by atoms with Crippen LogP contribution in [0.15, 0.2) is 18.2 Å². The van der Waals surface area contributed by atoms with Gasteiger partial charge in [-0.3, -0.25) is 4.90 Å². The van der Waals surface area contributed by atoms with E-state index in [9.17, 15) is 9.18 Å². The van der Waals surface area contributed by atoms with Gasteiger partial charge in [0.15, 0.2) is 0 Å². The maximum absolute atomic E-state index is 13.9. The fourth-order valence-corrected chi connectivity index (χ4v) is 1.97. The summed E-state index contributed by atoms with van der Waals surface area (Å²) in [5.74, 6) is -1.62. The van der Waals surface area contributed by atoms with Crippen molar-refractivity contribution in [2.45, 2.75) is 13.0 Å². The van der Waals surface area contributed by atoms with Crippen LogP contribution in [0.1, 0.15) is 22.3 Å². The molecule has 118 valence electrons. The van der Waals surface area contributed by atoms with Gasteiger partial charge < -0.3 is 14.6 Å². The number of aromatic carboxylic acids is 1. The van der Waals surface area contributed by atoms with E-state index in [1.807, 2.05) is 0 Å². The highest BCUT2D eigenvalue weighted by molar-refractivity contribution is 5.87. The first-order valence-corrected chi connectivity index (χ1v) is 6.80. The summed E-state index contributed by atoms with van der Waals surface area (Å²) >= 11 is 0. The van der Waals surface area contributed by atoms with Gasteiger partial charge in [-0.25, -0.2) is 9.18 Å². The number of carboxylic acid groups (broad SMARTS) is 1. The molecule has 1 N–H and O–H groups in total. The molecule has 6 heteroatoms. The van der Waals surface area contributed by atoms with Crippen molar-refractivity contribution in [1.82, 2.24) is 4.90 Å². The second-order valence-corrected chi connectivity index (χ2v) is 4.73. The number of hydrogen-bond donors (Lipinski definition) is 1. The molecule has 0 aliphatic carbocycles. The lowest BCUT2D eigenvalue weighted by atomic mass is 10.1. The smallest absolute Gasteiger partial charge is 0.335 e. The van der Waals surface area contributed by atoms with Crippen molar-refractivity contribution < 1.29 is 23.8 Å². The van der Waals surface area contributed by atoms with Gasteiger partial charge in [0.25, 0.3) is 0 Å². The minimum absolute atomic E-state index is 0.0425. The molecular weight excluding hydrogens is 277 g/mol. The topological polar surface area (TPSA) is 59.0 Å². The zero-order chi connectivity index (χ0) is 15.7. The Hall–Kier alpha value is -1.50. The predicted molar refractivity (Wildman–Crippen MR) is 77.0 cm³/mol. The average molecular weight is 299 g/mol. The lowest BCUT2D eigenvalue weighted by Crippen LogP contribution is -2.29. The lowest BCUT2D eigenvalue weighted by molar-refractivity contribution is 0.0696. The SMILES string of the molecule is COCCCN(CCOC)Cc1ccc(C(=O)O)cc1F. The second kappa shape index (κ2) is 9.44. The number of carboxylic acids is 1. The first-order chi connectivity index (χ1) is 10.1. The quantitative estimate of drug-likeness (QED) is 0.670. The third-order valence-electron chi connectivity index (χ3n) is 3.13. The Bertz CT molecular complexity index is 453. The van der Waals surface area contributed by atoms with Crippen LogP contribution in [0.4, 0.5) is 4.39 Å². The zero-order valence-electron chi connectivity index (χ0n) is 12.5. The highest BCUT2D eigenvalue weighted by atomic mass is 19.1. The molecule has 0 fully saturated rings. The first-order valence-electron chi connectivity index (χ1n) is 6.80. The number of nitrogens with zero attached hydrogens (tertiary/aromatic N) is 1. The highest BCUT2D eigenvalue weighted by Crippen LogP contribution is 2.13. The standard InChI is InChI=1S/C15H22FNO4/c1-20-8-3-6-17(7-9-21-2)11-13-5-4-12(15(18)19)10-14(13)16/h4-5,10H,3,6-9,11H2,1-2H3,(H,18,19). The number of carbonyl (C=O) groups is 1. The van der Waals surface area contributed by atoms with E-state index in [4.69, 9.17) is 14.6 Å². The number of ether oxygens (including phenoxy) is 2. The van der Waals surface area contributed by atoms with E-state index in [2.05, 4.69) is 4.90 Å². The minimum atomic E-state index is -1.13. The Morgan fingerprint density at radius 3 is 2.52 bits per heavy atom. The van der Waals surface area contributed by atoms with Gasteiger partial charge in [-0.15, -0.1) is 0 Å². The van der Waals surface area contributed by atoms with Crippen molar-refractivity contribution in [2.75, 3.05) is 40.5 Å². The monoisotopic (exact) mass is 299 g/mol. The third-order valence-corrected chi connectivity index (χ3v) is 3.13. The second-order valence-electron chi connectivity index (χ2n) is 4.73. The van der Waals surface area contributed by atoms with Gasteiger partial charge in [0.2, 0.25) is 0 Å². The van der Waals surface area contributed by atoms with E-state index in [0.717, 1.165) is 19.0 Å². The first kappa shape index (κ1) is 17.6. The summed E-state index contributed by atoms with van der Waals surface area (Å²) in [6.45, 7) is 3.06. The summed E-state index contributed by atoms with van der Waals surface area (Å²) < 4.78 is 24.0. The summed E-state index contributed by atoms with van der Waals surface area (Å²) in [7, 11) is 3.26. The molecule has 0 aromatic heterocycles. The lowest BCUT2D eigenvalue weighted by Gasteiger charge is -2.22. The number of hydrogen-bond acceptors (Lipinski definition) is 4. The van der Waals surface area contributed by atoms with E-state index >= 15 is 0 Å². The van der Waals surface area contributed by atoms with Crippen molar-refractivity contribution in [3.63, 3.8) is 0 Å². The molecule has 0 bridgehead atoms. The molecule has 1 aromatic carbocycles. The molecule has 1 rings (SSSR count). The number of halogens is 1. The molecular formula is C15H22FNO4.